The maximum absolute atomic E-state index is 15.4. The molecule has 1 aliphatic heterocycles. The zero-order chi connectivity index (χ0) is 29.6. The summed E-state index contributed by atoms with van der Waals surface area (Å²) < 4.78 is 103. The number of benzene rings is 1. The summed E-state index contributed by atoms with van der Waals surface area (Å²) in [5, 5.41) is 11.1. The molecular weight excluding hydrogens is 559 g/mol. The number of ether oxygens (including phenoxy) is 1. The number of carbonyl (C=O) groups is 2. The van der Waals surface area contributed by atoms with Crippen molar-refractivity contribution in [2.75, 3.05) is 6.54 Å². The molecule has 1 fully saturated rings. The molecule has 40 heavy (non-hydrogen) atoms. The van der Waals surface area contributed by atoms with Gasteiger partial charge < -0.3 is 25.3 Å². The lowest BCUT2D eigenvalue weighted by molar-refractivity contribution is -0.227. The third-order valence-electron chi connectivity index (χ3n) is 6.24. The number of aromatic amines is 1. The van der Waals surface area contributed by atoms with Crippen molar-refractivity contribution in [1.29, 1.82) is 0 Å². The largest absolute Gasteiger partial charge is 0.414 e. The minimum atomic E-state index is -4.72. The lowest BCUT2D eigenvalue weighted by atomic mass is 10.1. The summed E-state index contributed by atoms with van der Waals surface area (Å²) in [5.74, 6) is -2.04. The van der Waals surface area contributed by atoms with Gasteiger partial charge in [-0.05, 0) is 32.0 Å². The van der Waals surface area contributed by atoms with Crippen molar-refractivity contribution in [1.82, 2.24) is 35.8 Å². The van der Waals surface area contributed by atoms with Crippen molar-refractivity contribution in [2.24, 2.45) is 0 Å². The number of rotatable bonds is 8. The highest BCUT2D eigenvalue weighted by Gasteiger charge is 2.47. The number of carbonyl (C=O) groups excluding carboxylic acids is 2. The lowest BCUT2D eigenvalue weighted by Crippen LogP contribution is -2.41. The third kappa shape index (κ3) is 5.95. The summed E-state index contributed by atoms with van der Waals surface area (Å²) in [6.07, 6.45) is -13.0. The first-order valence-corrected chi connectivity index (χ1v) is 11.7. The molecule has 4 atom stereocenters. The Hall–Kier alpha value is -3.96. The first kappa shape index (κ1) is 29.0. The molecule has 218 valence electrons. The maximum Gasteiger partial charge on any atom is 0.414 e. The summed E-state index contributed by atoms with van der Waals surface area (Å²) in [7, 11) is 0. The van der Waals surface area contributed by atoms with Crippen LogP contribution in [0.15, 0.2) is 16.8 Å². The monoisotopic (exact) mass is 581 g/mol. The van der Waals surface area contributed by atoms with Gasteiger partial charge in [0, 0.05) is 5.56 Å². The van der Waals surface area contributed by atoms with E-state index in [1.165, 1.54) is 26.0 Å². The summed E-state index contributed by atoms with van der Waals surface area (Å²) in [5.41, 5.74) is -0.585. The predicted octanol–water partition coefficient (Wildman–Crippen LogP) is 3.68. The Morgan fingerprint density at radius 2 is 1.93 bits per heavy atom. The first-order chi connectivity index (χ1) is 18.6. The van der Waals surface area contributed by atoms with E-state index in [-0.39, 0.29) is 33.8 Å². The third-order valence-corrected chi connectivity index (χ3v) is 6.24. The molecular formula is C22H22F7N7O4. The Morgan fingerprint density at radius 3 is 2.50 bits per heavy atom. The van der Waals surface area contributed by atoms with Crippen molar-refractivity contribution < 1.29 is 49.7 Å². The van der Waals surface area contributed by atoms with Crippen LogP contribution >= 0.6 is 0 Å². The van der Waals surface area contributed by atoms with E-state index in [0.29, 0.717) is 0 Å². The number of alkyl halides is 6. The molecule has 0 unspecified atom stereocenters. The number of nitrogens with one attached hydrogen (secondary N) is 3. The molecule has 11 nitrogen and oxygen atoms in total. The van der Waals surface area contributed by atoms with Crippen molar-refractivity contribution in [3.05, 3.63) is 40.7 Å². The smallest absolute Gasteiger partial charge is 0.364 e. The Bertz CT molecular complexity index is 1400. The van der Waals surface area contributed by atoms with Crippen LogP contribution in [0.1, 0.15) is 47.5 Å². The number of amides is 3. The summed E-state index contributed by atoms with van der Waals surface area (Å²) in [6, 6.07) is -2.02. The molecule has 2 aromatic heterocycles. The summed E-state index contributed by atoms with van der Waals surface area (Å²) in [4.78, 5) is 32.3. The Morgan fingerprint density at radius 1 is 1.23 bits per heavy atom. The van der Waals surface area contributed by atoms with Crippen LogP contribution in [0.4, 0.5) is 35.5 Å². The number of nitrogens with zero attached hydrogens (tertiary/aromatic N) is 4. The van der Waals surface area contributed by atoms with Gasteiger partial charge in [-0.1, -0.05) is 11.2 Å². The zero-order valence-corrected chi connectivity index (χ0v) is 20.9. The van der Waals surface area contributed by atoms with E-state index in [1.807, 2.05) is 0 Å². The van der Waals surface area contributed by atoms with Crippen LogP contribution in [0.5, 0.6) is 0 Å². The van der Waals surface area contributed by atoms with Gasteiger partial charge in [0.15, 0.2) is 17.6 Å². The van der Waals surface area contributed by atoms with Gasteiger partial charge in [0.05, 0.1) is 24.7 Å². The van der Waals surface area contributed by atoms with Crippen LogP contribution in [0.25, 0.3) is 11.0 Å². The lowest BCUT2D eigenvalue weighted by Gasteiger charge is -2.27. The van der Waals surface area contributed by atoms with E-state index < -0.39 is 67.5 Å². The molecule has 0 bridgehead atoms. The molecule has 0 saturated carbocycles. The van der Waals surface area contributed by atoms with E-state index in [0.717, 1.165) is 11.8 Å². The summed E-state index contributed by atoms with van der Waals surface area (Å²) >= 11 is 0. The van der Waals surface area contributed by atoms with Gasteiger partial charge in [-0.15, -0.1) is 0 Å². The fourth-order valence-electron chi connectivity index (χ4n) is 4.03. The molecule has 0 radical (unpaired) electrons. The average molecular weight is 581 g/mol. The number of urea groups is 1. The number of imidazole rings is 1. The van der Waals surface area contributed by atoms with Gasteiger partial charge in [-0.2, -0.15) is 26.3 Å². The average Bonchev–Trinajstić information content (AvgIpc) is 3.57. The normalized spacial score (nSPS) is 18.6. The Kier molecular flexibility index (Phi) is 7.66. The second-order valence-corrected chi connectivity index (χ2v) is 9.15. The predicted molar refractivity (Wildman–Crippen MR) is 120 cm³/mol. The highest BCUT2D eigenvalue weighted by atomic mass is 19.4. The van der Waals surface area contributed by atoms with Crippen LogP contribution in [0.2, 0.25) is 0 Å². The van der Waals surface area contributed by atoms with Crippen LogP contribution < -0.4 is 10.6 Å². The number of hydrogen-bond donors (Lipinski definition) is 3. The van der Waals surface area contributed by atoms with Crippen LogP contribution in [-0.4, -0.2) is 74.3 Å². The molecule has 18 heteroatoms. The second kappa shape index (κ2) is 10.5. The number of aryl methyl sites for hydroxylation is 1. The molecule has 3 amide bonds. The van der Waals surface area contributed by atoms with Crippen molar-refractivity contribution in [3.63, 3.8) is 0 Å². The number of H-pyrrole nitrogens is 1. The molecule has 0 spiro atoms. The fourth-order valence-corrected chi connectivity index (χ4v) is 4.03. The topological polar surface area (TPSA) is 138 Å². The van der Waals surface area contributed by atoms with Gasteiger partial charge in [-0.25, -0.2) is 18.8 Å². The van der Waals surface area contributed by atoms with Gasteiger partial charge in [0.1, 0.15) is 29.1 Å². The number of halogens is 7. The fraction of sp³-hybridized carbons (Fsp3) is 0.500. The van der Waals surface area contributed by atoms with Gasteiger partial charge in [-0.3, -0.25) is 4.79 Å². The Balaban J connectivity index is 1.63. The minimum Gasteiger partial charge on any atom is -0.364 e. The quantitative estimate of drug-likeness (QED) is 0.345. The zero-order valence-electron chi connectivity index (χ0n) is 20.9. The standard InChI is InChI=1S/C22H22F7N7O4/c1-8-15(35-40-34-8)19(37)33-16(9(2)39-10(3)21(24,25)26)18-30-12-5-4-11(14(23)17(12)32-18)6-36-7-13(22(27,28)29)31-20(36)38/h4-5,9-10,13,16H,6-7H2,1-3H3,(H,30,32)(H,31,38)(H,33,37)/t9-,10-,13+,16+/m1/s1. The molecule has 3 heterocycles. The van der Waals surface area contributed by atoms with E-state index >= 15 is 4.39 Å². The molecule has 4 rings (SSSR count). The number of aromatic nitrogens is 4. The highest BCUT2D eigenvalue weighted by Crippen LogP contribution is 2.30. The SMILES string of the molecule is Cc1nonc1C(=O)N[C@H](c1nc2ccc(CN3C[C@@H](C(F)(F)F)NC3=O)c(F)c2[nH]1)[C@@H](C)O[C@H](C)C(F)(F)F. The number of fused-ring (bicyclic) bond motifs is 1. The van der Waals surface area contributed by atoms with Crippen LogP contribution in [0, 0.1) is 12.7 Å². The summed E-state index contributed by atoms with van der Waals surface area (Å²) in [6.45, 7) is 2.17. The van der Waals surface area contributed by atoms with E-state index in [2.05, 4.69) is 30.2 Å². The molecule has 0 aliphatic carbocycles. The highest BCUT2D eigenvalue weighted by molar-refractivity contribution is 5.93. The van der Waals surface area contributed by atoms with Gasteiger partial charge >= 0.3 is 18.4 Å². The minimum absolute atomic E-state index is 0.00936. The van der Waals surface area contributed by atoms with E-state index in [4.69, 9.17) is 4.74 Å². The van der Waals surface area contributed by atoms with E-state index in [1.54, 1.807) is 5.32 Å². The van der Waals surface area contributed by atoms with Crippen molar-refractivity contribution in [3.8, 4) is 0 Å². The Labute approximate surface area is 220 Å². The van der Waals surface area contributed by atoms with Crippen LogP contribution in [-0.2, 0) is 11.3 Å². The van der Waals surface area contributed by atoms with Crippen molar-refractivity contribution in [2.45, 2.75) is 64.0 Å². The van der Waals surface area contributed by atoms with E-state index in [9.17, 15) is 35.9 Å². The second-order valence-electron chi connectivity index (χ2n) is 9.15. The molecule has 1 aromatic carbocycles. The molecule has 3 N–H and O–H groups in total. The molecule has 1 aliphatic rings. The van der Waals surface area contributed by atoms with Crippen molar-refractivity contribution >= 4 is 23.0 Å². The molecule has 3 aromatic rings. The van der Waals surface area contributed by atoms with Crippen LogP contribution in [0.3, 0.4) is 0 Å². The number of hydrogen-bond acceptors (Lipinski definition) is 7. The first-order valence-electron chi connectivity index (χ1n) is 11.7. The maximum atomic E-state index is 15.4. The molecule has 1 saturated heterocycles. The van der Waals surface area contributed by atoms with Gasteiger partial charge in [0.25, 0.3) is 5.91 Å². The van der Waals surface area contributed by atoms with Gasteiger partial charge in [0.2, 0.25) is 0 Å².